The summed E-state index contributed by atoms with van der Waals surface area (Å²) in [6.45, 7) is 4.13. The highest BCUT2D eigenvalue weighted by atomic mass is 16.6. The molecule has 0 aromatic heterocycles. The average Bonchev–Trinajstić information content (AvgIpc) is 2.46. The molecule has 115 valence electrons. The normalized spacial score (nSPS) is 10.3. The minimum Gasteiger partial charge on any atom is -0.487 e. The summed E-state index contributed by atoms with van der Waals surface area (Å²) < 4.78 is 5.36. The summed E-state index contributed by atoms with van der Waals surface area (Å²) in [5.74, 6) is 0.0726. The van der Waals surface area contributed by atoms with E-state index >= 15 is 0 Å². The third-order valence-corrected chi connectivity index (χ3v) is 3.00. The van der Waals surface area contributed by atoms with Gasteiger partial charge in [0.1, 0.15) is 0 Å². The van der Waals surface area contributed by atoms with E-state index < -0.39 is 9.85 Å². The Morgan fingerprint density at radius 2 is 1.67 bits per heavy atom. The number of ether oxygens (including phenoxy) is 1. The van der Waals surface area contributed by atoms with Crippen molar-refractivity contribution in [3.63, 3.8) is 0 Å². The maximum absolute atomic E-state index is 10.9. The van der Waals surface area contributed by atoms with Gasteiger partial charge in [0.2, 0.25) is 0 Å². The molecule has 1 aromatic rings. The second-order valence-electron chi connectivity index (χ2n) is 4.64. The van der Waals surface area contributed by atoms with E-state index in [0.717, 1.165) is 44.6 Å². The highest BCUT2D eigenvalue weighted by molar-refractivity contribution is 5.53. The molecule has 1 rings (SSSR count). The van der Waals surface area contributed by atoms with Crippen molar-refractivity contribution in [3.8, 4) is 5.75 Å². The van der Waals surface area contributed by atoms with Crippen molar-refractivity contribution < 1.29 is 14.6 Å². The number of nitrogens with zero attached hydrogens (tertiary/aromatic N) is 2. The van der Waals surface area contributed by atoms with Crippen LogP contribution in [0.3, 0.4) is 0 Å². The van der Waals surface area contributed by atoms with Crippen LogP contribution in [0.1, 0.15) is 38.5 Å². The number of unbranched alkanes of at least 4 members (excludes halogenated alkanes) is 5. The van der Waals surface area contributed by atoms with Gasteiger partial charge in [0.15, 0.2) is 5.75 Å². The Labute approximate surface area is 123 Å². The van der Waals surface area contributed by atoms with E-state index in [1.807, 2.05) is 0 Å². The first-order valence-corrected chi connectivity index (χ1v) is 6.91. The zero-order valence-electron chi connectivity index (χ0n) is 11.8. The first-order valence-electron chi connectivity index (χ1n) is 6.91. The van der Waals surface area contributed by atoms with Gasteiger partial charge >= 0.3 is 5.69 Å². The Balaban J connectivity index is 2.51. The topological polar surface area (TPSA) is 95.5 Å². The zero-order chi connectivity index (χ0) is 15.7. The molecule has 0 aliphatic heterocycles. The summed E-state index contributed by atoms with van der Waals surface area (Å²) in [6, 6.07) is 3.40. The Morgan fingerprint density at radius 1 is 1.00 bits per heavy atom. The van der Waals surface area contributed by atoms with E-state index in [1.54, 1.807) is 0 Å². The second kappa shape index (κ2) is 8.89. The van der Waals surface area contributed by atoms with Crippen LogP contribution in [0.2, 0.25) is 0 Å². The molecule has 0 N–H and O–H groups in total. The lowest BCUT2D eigenvalue weighted by Gasteiger charge is -2.06. The van der Waals surface area contributed by atoms with Gasteiger partial charge in [-0.3, -0.25) is 20.2 Å². The fourth-order valence-electron chi connectivity index (χ4n) is 1.88. The molecule has 7 heteroatoms. The van der Waals surface area contributed by atoms with Gasteiger partial charge in [-0.2, -0.15) is 0 Å². The van der Waals surface area contributed by atoms with Crippen LogP contribution in [0.5, 0.6) is 5.75 Å². The van der Waals surface area contributed by atoms with Gasteiger partial charge in [-0.25, -0.2) is 0 Å². The SMILES string of the molecule is [CH2]CCCCCCCOc1ccc([N+](=O)[O-])cc1[N+](=O)[O-]. The van der Waals surface area contributed by atoms with Crippen LogP contribution in [0, 0.1) is 27.2 Å². The molecule has 0 atom stereocenters. The number of hydrogen-bond acceptors (Lipinski definition) is 5. The highest BCUT2D eigenvalue weighted by Crippen LogP contribution is 2.31. The summed E-state index contributed by atoms with van der Waals surface area (Å²) >= 11 is 0. The number of non-ortho nitro benzene ring substituents is 1. The fourth-order valence-corrected chi connectivity index (χ4v) is 1.88. The van der Waals surface area contributed by atoms with E-state index in [0.29, 0.717) is 6.61 Å². The van der Waals surface area contributed by atoms with Gasteiger partial charge in [0.05, 0.1) is 22.5 Å². The molecule has 0 heterocycles. The molecule has 1 radical (unpaired) electrons. The lowest BCUT2D eigenvalue weighted by molar-refractivity contribution is -0.394. The van der Waals surface area contributed by atoms with Crippen molar-refractivity contribution in [2.45, 2.75) is 38.5 Å². The minimum absolute atomic E-state index is 0.0726. The molecule has 0 unspecified atom stereocenters. The second-order valence-corrected chi connectivity index (χ2v) is 4.64. The van der Waals surface area contributed by atoms with E-state index in [9.17, 15) is 20.2 Å². The van der Waals surface area contributed by atoms with Crippen molar-refractivity contribution in [3.05, 3.63) is 45.4 Å². The van der Waals surface area contributed by atoms with Crippen LogP contribution in [-0.2, 0) is 0 Å². The van der Waals surface area contributed by atoms with Crippen molar-refractivity contribution in [2.24, 2.45) is 0 Å². The van der Waals surface area contributed by atoms with Gasteiger partial charge in [0.25, 0.3) is 5.69 Å². The third-order valence-electron chi connectivity index (χ3n) is 3.00. The van der Waals surface area contributed by atoms with E-state index in [-0.39, 0.29) is 17.1 Å². The van der Waals surface area contributed by atoms with Crippen molar-refractivity contribution in [2.75, 3.05) is 6.61 Å². The monoisotopic (exact) mass is 295 g/mol. The molecule has 0 saturated carbocycles. The maximum Gasteiger partial charge on any atom is 0.317 e. The van der Waals surface area contributed by atoms with Crippen molar-refractivity contribution >= 4 is 11.4 Å². The number of nitro benzene ring substituents is 2. The molecule has 0 amide bonds. The summed E-state index contributed by atoms with van der Waals surface area (Å²) in [6.07, 6.45) is 6.04. The molecular weight excluding hydrogens is 276 g/mol. The largest absolute Gasteiger partial charge is 0.487 e. The van der Waals surface area contributed by atoms with Crippen LogP contribution in [-0.4, -0.2) is 16.5 Å². The van der Waals surface area contributed by atoms with Crippen LogP contribution < -0.4 is 4.74 Å². The summed E-state index contributed by atoms with van der Waals surface area (Å²) in [7, 11) is 0. The number of benzene rings is 1. The van der Waals surface area contributed by atoms with Gasteiger partial charge in [-0.05, 0) is 12.5 Å². The predicted molar refractivity (Wildman–Crippen MR) is 78.3 cm³/mol. The summed E-state index contributed by atoms with van der Waals surface area (Å²) in [4.78, 5) is 20.2. The molecule has 1 aromatic carbocycles. The van der Waals surface area contributed by atoms with Crippen LogP contribution in [0.25, 0.3) is 0 Å². The molecule has 21 heavy (non-hydrogen) atoms. The van der Waals surface area contributed by atoms with Crippen LogP contribution >= 0.6 is 0 Å². The van der Waals surface area contributed by atoms with Gasteiger partial charge in [0, 0.05) is 6.07 Å². The molecule has 0 aliphatic carbocycles. The first-order chi connectivity index (χ1) is 10.1. The van der Waals surface area contributed by atoms with Gasteiger partial charge in [-0.1, -0.05) is 39.0 Å². The smallest absolute Gasteiger partial charge is 0.317 e. The number of nitro groups is 2. The van der Waals surface area contributed by atoms with Gasteiger partial charge < -0.3 is 4.74 Å². The molecule has 0 saturated heterocycles. The molecule has 0 aliphatic rings. The Kier molecular flexibility index (Phi) is 7.14. The molecule has 0 bridgehead atoms. The Bertz CT molecular complexity index is 490. The molecular formula is C14H19N2O5. The average molecular weight is 295 g/mol. The predicted octanol–water partition coefficient (Wildman–Crippen LogP) is 4.06. The van der Waals surface area contributed by atoms with E-state index in [1.165, 1.54) is 12.1 Å². The Hall–Kier alpha value is -2.18. The fraction of sp³-hybridized carbons (Fsp3) is 0.500. The van der Waals surface area contributed by atoms with Crippen LogP contribution in [0.4, 0.5) is 11.4 Å². The van der Waals surface area contributed by atoms with E-state index in [4.69, 9.17) is 4.74 Å². The van der Waals surface area contributed by atoms with Crippen molar-refractivity contribution in [1.82, 2.24) is 0 Å². The molecule has 0 spiro atoms. The quantitative estimate of drug-likeness (QED) is 0.368. The summed E-state index contributed by atoms with van der Waals surface area (Å²) in [5.41, 5.74) is -0.691. The number of hydrogen-bond donors (Lipinski definition) is 0. The zero-order valence-corrected chi connectivity index (χ0v) is 11.8. The Morgan fingerprint density at radius 3 is 2.29 bits per heavy atom. The standard InChI is InChI=1S/C14H19N2O5/c1-2-3-4-5-6-7-10-21-14-9-8-12(15(17)18)11-13(14)16(19)20/h8-9,11H,1-7,10H2. The third kappa shape index (κ3) is 5.76. The first kappa shape index (κ1) is 16.9. The summed E-state index contributed by atoms with van der Waals surface area (Å²) in [5, 5.41) is 21.5. The highest BCUT2D eigenvalue weighted by Gasteiger charge is 2.20. The molecule has 7 nitrogen and oxygen atoms in total. The van der Waals surface area contributed by atoms with Gasteiger partial charge in [-0.15, -0.1) is 0 Å². The lowest BCUT2D eigenvalue weighted by atomic mass is 10.1. The maximum atomic E-state index is 10.9. The van der Waals surface area contributed by atoms with Crippen LogP contribution in [0.15, 0.2) is 18.2 Å². The van der Waals surface area contributed by atoms with E-state index in [2.05, 4.69) is 6.92 Å². The number of rotatable bonds is 10. The molecule has 0 fully saturated rings. The lowest BCUT2D eigenvalue weighted by Crippen LogP contribution is -2.01. The van der Waals surface area contributed by atoms with Crippen molar-refractivity contribution in [1.29, 1.82) is 0 Å². The minimum atomic E-state index is -0.670.